The van der Waals surface area contributed by atoms with Gasteiger partial charge in [0.25, 0.3) is 0 Å². The van der Waals surface area contributed by atoms with Crippen LogP contribution in [0.15, 0.2) is 18.2 Å². The maximum atomic E-state index is 12.0. The van der Waals surface area contributed by atoms with Crippen LogP contribution in [0.5, 0.6) is 5.75 Å². The third kappa shape index (κ3) is 3.20. The number of nitrogens with two attached hydrogens (primary N) is 1. The number of benzene rings is 1. The second-order valence-corrected chi connectivity index (χ2v) is 4.77. The number of hydrazine groups is 1. The van der Waals surface area contributed by atoms with Crippen LogP contribution in [0.1, 0.15) is 32.8 Å². The van der Waals surface area contributed by atoms with Crippen molar-refractivity contribution >= 4 is 11.7 Å². The van der Waals surface area contributed by atoms with Gasteiger partial charge in [0.2, 0.25) is 0 Å². The zero-order valence-electron chi connectivity index (χ0n) is 10.8. The lowest BCUT2D eigenvalue weighted by atomic mass is 9.91. The number of anilines is 1. The minimum atomic E-state index is -0.490. The molecule has 0 saturated carbocycles. The fourth-order valence-corrected chi connectivity index (χ4v) is 1.22. The Hall–Kier alpha value is -1.55. The van der Waals surface area contributed by atoms with Gasteiger partial charge in [0.05, 0.1) is 11.1 Å². The van der Waals surface area contributed by atoms with E-state index in [-0.39, 0.29) is 5.97 Å². The maximum absolute atomic E-state index is 12.0. The van der Waals surface area contributed by atoms with Gasteiger partial charge in [-0.1, -0.05) is 13.0 Å². The summed E-state index contributed by atoms with van der Waals surface area (Å²) in [4.78, 5) is 12.0. The summed E-state index contributed by atoms with van der Waals surface area (Å²) in [5.74, 6) is 5.60. The molecule has 0 aliphatic carbocycles. The summed E-state index contributed by atoms with van der Waals surface area (Å²) in [5.41, 5.74) is 3.65. The van der Waals surface area contributed by atoms with Crippen molar-refractivity contribution in [3.8, 4) is 5.75 Å². The Bertz CT molecular complexity index is 414. The Kier molecular flexibility index (Phi) is 4.12. The lowest BCUT2D eigenvalue weighted by Gasteiger charge is -2.21. The second-order valence-electron chi connectivity index (χ2n) is 4.77. The first-order valence-electron chi connectivity index (χ1n) is 5.70. The van der Waals surface area contributed by atoms with E-state index in [1.54, 1.807) is 12.1 Å². The van der Waals surface area contributed by atoms with Crippen LogP contribution in [0.2, 0.25) is 0 Å². The molecule has 1 aromatic rings. The van der Waals surface area contributed by atoms with E-state index in [1.807, 2.05) is 33.8 Å². The Labute approximate surface area is 102 Å². The third-order valence-corrected chi connectivity index (χ3v) is 2.93. The van der Waals surface area contributed by atoms with E-state index in [0.29, 0.717) is 11.4 Å². The highest BCUT2D eigenvalue weighted by molar-refractivity contribution is 5.80. The standard InChI is InChI=1S/C13H20N2O2/c1-5-13(3,4)12(16)17-11-8-9(2)6-7-10(11)15-14/h6-8,15H,5,14H2,1-4H3. The molecule has 0 radical (unpaired) electrons. The predicted octanol–water partition coefficient (Wildman–Crippen LogP) is 2.62. The van der Waals surface area contributed by atoms with Gasteiger partial charge in [-0.25, -0.2) is 0 Å². The highest BCUT2D eigenvalue weighted by atomic mass is 16.5. The molecule has 94 valence electrons. The van der Waals surface area contributed by atoms with Crippen LogP contribution in [0.4, 0.5) is 5.69 Å². The Balaban J connectivity index is 2.95. The van der Waals surface area contributed by atoms with Crippen LogP contribution in [-0.4, -0.2) is 5.97 Å². The van der Waals surface area contributed by atoms with Crippen molar-refractivity contribution < 1.29 is 9.53 Å². The molecule has 0 aliphatic rings. The highest BCUT2D eigenvalue weighted by Crippen LogP contribution is 2.29. The smallest absolute Gasteiger partial charge is 0.316 e. The molecule has 4 heteroatoms. The Morgan fingerprint density at radius 1 is 1.47 bits per heavy atom. The number of nitrogens with one attached hydrogen (secondary N) is 1. The number of rotatable bonds is 4. The van der Waals surface area contributed by atoms with Gasteiger partial charge in [-0.15, -0.1) is 0 Å². The molecule has 0 fully saturated rings. The monoisotopic (exact) mass is 236 g/mol. The van der Waals surface area contributed by atoms with Gasteiger partial charge in [0, 0.05) is 0 Å². The lowest BCUT2D eigenvalue weighted by molar-refractivity contribution is -0.144. The molecular formula is C13H20N2O2. The Morgan fingerprint density at radius 3 is 2.65 bits per heavy atom. The summed E-state index contributed by atoms with van der Waals surface area (Å²) in [6.07, 6.45) is 0.725. The maximum Gasteiger partial charge on any atom is 0.316 e. The van der Waals surface area contributed by atoms with Crippen molar-refractivity contribution in [2.24, 2.45) is 11.3 Å². The number of carbonyl (C=O) groups is 1. The van der Waals surface area contributed by atoms with E-state index in [9.17, 15) is 4.79 Å². The Morgan fingerprint density at radius 2 is 2.12 bits per heavy atom. The van der Waals surface area contributed by atoms with E-state index in [2.05, 4.69) is 5.43 Å². The van der Waals surface area contributed by atoms with Gasteiger partial charge in [-0.3, -0.25) is 10.6 Å². The van der Waals surface area contributed by atoms with E-state index >= 15 is 0 Å². The second kappa shape index (κ2) is 5.19. The summed E-state index contributed by atoms with van der Waals surface area (Å²) in [7, 11) is 0. The SMILES string of the molecule is CCC(C)(C)C(=O)Oc1cc(C)ccc1NN. The summed E-state index contributed by atoms with van der Waals surface area (Å²) >= 11 is 0. The molecule has 0 atom stereocenters. The van der Waals surface area contributed by atoms with Gasteiger partial charge in [0.1, 0.15) is 0 Å². The van der Waals surface area contributed by atoms with Crippen molar-refractivity contribution in [2.75, 3.05) is 5.43 Å². The normalized spacial score (nSPS) is 11.1. The van der Waals surface area contributed by atoms with Crippen molar-refractivity contribution in [3.63, 3.8) is 0 Å². The zero-order chi connectivity index (χ0) is 13.1. The summed E-state index contributed by atoms with van der Waals surface area (Å²) in [5, 5.41) is 0. The van der Waals surface area contributed by atoms with E-state index in [1.165, 1.54) is 0 Å². The van der Waals surface area contributed by atoms with Gasteiger partial charge < -0.3 is 10.2 Å². The molecule has 0 amide bonds. The molecule has 0 aliphatic heterocycles. The number of ether oxygens (including phenoxy) is 1. The number of nitrogen functional groups attached to an aromatic ring is 1. The molecule has 0 saturated heterocycles. The average Bonchev–Trinajstić information content (AvgIpc) is 2.29. The molecular weight excluding hydrogens is 216 g/mol. The van der Waals surface area contributed by atoms with E-state index in [0.717, 1.165) is 12.0 Å². The van der Waals surface area contributed by atoms with Gasteiger partial charge in [0.15, 0.2) is 5.75 Å². The van der Waals surface area contributed by atoms with Crippen LogP contribution in [0.3, 0.4) is 0 Å². The van der Waals surface area contributed by atoms with E-state index in [4.69, 9.17) is 10.6 Å². The first-order valence-corrected chi connectivity index (χ1v) is 5.70. The molecule has 17 heavy (non-hydrogen) atoms. The number of esters is 1. The molecule has 0 heterocycles. The number of aryl methyl sites for hydroxylation is 1. The number of hydrogen-bond donors (Lipinski definition) is 2. The minimum absolute atomic E-state index is 0.248. The van der Waals surface area contributed by atoms with E-state index < -0.39 is 5.41 Å². The summed E-state index contributed by atoms with van der Waals surface area (Å²) in [6, 6.07) is 5.48. The molecule has 4 nitrogen and oxygen atoms in total. The molecule has 1 aromatic carbocycles. The predicted molar refractivity (Wildman–Crippen MR) is 68.7 cm³/mol. The topological polar surface area (TPSA) is 64.3 Å². The fourth-order valence-electron chi connectivity index (χ4n) is 1.22. The summed E-state index contributed by atoms with van der Waals surface area (Å²) < 4.78 is 5.39. The van der Waals surface area contributed by atoms with Gasteiger partial charge in [-0.2, -0.15) is 0 Å². The van der Waals surface area contributed by atoms with Crippen LogP contribution >= 0.6 is 0 Å². The van der Waals surface area contributed by atoms with Crippen molar-refractivity contribution in [2.45, 2.75) is 34.1 Å². The molecule has 0 aromatic heterocycles. The molecule has 3 N–H and O–H groups in total. The van der Waals surface area contributed by atoms with Gasteiger partial charge in [-0.05, 0) is 44.9 Å². The van der Waals surface area contributed by atoms with Crippen LogP contribution in [0, 0.1) is 12.3 Å². The largest absolute Gasteiger partial charge is 0.424 e. The van der Waals surface area contributed by atoms with Crippen LogP contribution in [0.25, 0.3) is 0 Å². The first-order chi connectivity index (χ1) is 7.90. The molecule has 1 rings (SSSR count). The fraction of sp³-hybridized carbons (Fsp3) is 0.462. The van der Waals surface area contributed by atoms with Crippen LogP contribution in [-0.2, 0) is 4.79 Å². The van der Waals surface area contributed by atoms with Crippen molar-refractivity contribution in [3.05, 3.63) is 23.8 Å². The third-order valence-electron chi connectivity index (χ3n) is 2.93. The average molecular weight is 236 g/mol. The first kappa shape index (κ1) is 13.5. The molecule has 0 bridgehead atoms. The quantitative estimate of drug-likeness (QED) is 0.365. The molecule has 0 unspecified atom stereocenters. The molecule has 0 spiro atoms. The van der Waals surface area contributed by atoms with Gasteiger partial charge >= 0.3 is 5.97 Å². The number of carbonyl (C=O) groups excluding carboxylic acids is 1. The zero-order valence-corrected chi connectivity index (χ0v) is 10.8. The summed E-state index contributed by atoms with van der Waals surface area (Å²) in [6.45, 7) is 7.61. The van der Waals surface area contributed by atoms with Crippen LogP contribution < -0.4 is 16.0 Å². The minimum Gasteiger partial charge on any atom is -0.424 e. The highest BCUT2D eigenvalue weighted by Gasteiger charge is 2.28. The van der Waals surface area contributed by atoms with Crippen molar-refractivity contribution in [1.82, 2.24) is 0 Å². The van der Waals surface area contributed by atoms with Crippen molar-refractivity contribution in [1.29, 1.82) is 0 Å². The lowest BCUT2D eigenvalue weighted by Crippen LogP contribution is -2.28. The number of hydrogen-bond acceptors (Lipinski definition) is 4.